The molecule has 0 aliphatic rings. The molecule has 0 heterocycles. The Kier molecular flexibility index (Phi) is 5.38. The number of carbonyl (C=O) groups is 1. The van der Waals surface area contributed by atoms with Crippen molar-refractivity contribution in [3.05, 3.63) is 58.9 Å². The van der Waals surface area contributed by atoms with Crippen LogP contribution in [0.1, 0.15) is 5.56 Å². The monoisotopic (exact) mass is 385 g/mol. The van der Waals surface area contributed by atoms with Crippen LogP contribution < -0.4 is 10.1 Å². The predicted octanol–water partition coefficient (Wildman–Crippen LogP) is 4.46. The lowest BCUT2D eigenvalue weighted by Gasteiger charge is -2.14. The highest BCUT2D eigenvalue weighted by molar-refractivity contribution is 5.93. The number of amides is 1. The van der Waals surface area contributed by atoms with Crippen molar-refractivity contribution >= 4 is 11.6 Å². The molecule has 0 fully saturated rings. The van der Waals surface area contributed by atoms with Crippen LogP contribution in [-0.4, -0.2) is 12.3 Å². The second-order valence-electron chi connectivity index (χ2n) is 4.82. The van der Waals surface area contributed by atoms with Crippen molar-refractivity contribution in [1.82, 2.24) is 0 Å². The van der Waals surface area contributed by atoms with Crippen LogP contribution in [0.15, 0.2) is 24.3 Å². The standard InChI is InChI=1S/C15H7F8NO2/c16-10-6(11(17)13(19)14(20)12(10)18)5-9(25)24-7-3-1-2-4-8(7)26-15(21,22)23/h1-4H,5H2,(H,24,25). The Labute approximate surface area is 140 Å². The van der Waals surface area contributed by atoms with Gasteiger partial charge in [-0.2, -0.15) is 0 Å². The van der Waals surface area contributed by atoms with Gasteiger partial charge in [0.25, 0.3) is 0 Å². The fourth-order valence-corrected chi connectivity index (χ4v) is 1.94. The van der Waals surface area contributed by atoms with E-state index in [4.69, 9.17) is 0 Å². The number of nitrogens with one attached hydrogen (secondary N) is 1. The van der Waals surface area contributed by atoms with Crippen LogP contribution in [0, 0.1) is 29.1 Å². The highest BCUT2D eigenvalue weighted by Gasteiger charge is 2.32. The van der Waals surface area contributed by atoms with E-state index in [-0.39, 0.29) is 0 Å². The maximum absolute atomic E-state index is 13.5. The number of hydrogen-bond donors (Lipinski definition) is 1. The molecule has 1 N–H and O–H groups in total. The number of hydrogen-bond acceptors (Lipinski definition) is 2. The van der Waals surface area contributed by atoms with Gasteiger partial charge in [0.2, 0.25) is 11.7 Å². The first-order valence-corrected chi connectivity index (χ1v) is 6.66. The Morgan fingerprint density at radius 3 is 1.92 bits per heavy atom. The number of para-hydroxylation sites is 2. The number of benzene rings is 2. The first-order chi connectivity index (χ1) is 12.0. The van der Waals surface area contributed by atoms with Gasteiger partial charge in [0.1, 0.15) is 0 Å². The van der Waals surface area contributed by atoms with Crippen molar-refractivity contribution < 1.29 is 44.7 Å². The zero-order chi connectivity index (χ0) is 19.6. The van der Waals surface area contributed by atoms with Crippen LogP contribution in [0.4, 0.5) is 40.8 Å². The van der Waals surface area contributed by atoms with E-state index in [9.17, 15) is 39.9 Å². The second-order valence-corrected chi connectivity index (χ2v) is 4.82. The molecule has 2 aromatic carbocycles. The first kappa shape index (κ1) is 19.5. The van der Waals surface area contributed by atoms with Gasteiger partial charge in [0.15, 0.2) is 29.0 Å². The summed E-state index contributed by atoms with van der Waals surface area (Å²) >= 11 is 0. The Balaban J connectivity index is 2.26. The third kappa shape index (κ3) is 4.21. The smallest absolute Gasteiger partial charge is 0.404 e. The lowest BCUT2D eigenvalue weighted by molar-refractivity contribution is -0.274. The van der Waals surface area contributed by atoms with E-state index in [1.165, 1.54) is 6.07 Å². The molecule has 2 aromatic rings. The van der Waals surface area contributed by atoms with Crippen molar-refractivity contribution in [3.8, 4) is 5.75 Å². The number of anilines is 1. The minimum absolute atomic E-state index is 0.515. The topological polar surface area (TPSA) is 38.3 Å². The van der Waals surface area contributed by atoms with Gasteiger partial charge in [0, 0.05) is 5.56 Å². The molecule has 140 valence electrons. The van der Waals surface area contributed by atoms with Gasteiger partial charge < -0.3 is 10.1 Å². The molecule has 0 atom stereocenters. The van der Waals surface area contributed by atoms with Gasteiger partial charge in [-0.1, -0.05) is 12.1 Å². The summed E-state index contributed by atoms with van der Waals surface area (Å²) in [4.78, 5) is 11.8. The lowest BCUT2D eigenvalue weighted by Crippen LogP contribution is -2.21. The molecule has 1 amide bonds. The number of rotatable bonds is 4. The van der Waals surface area contributed by atoms with Gasteiger partial charge in [-0.25, -0.2) is 22.0 Å². The number of ether oxygens (including phenoxy) is 1. The zero-order valence-corrected chi connectivity index (χ0v) is 12.4. The summed E-state index contributed by atoms with van der Waals surface area (Å²) in [6, 6.07) is 4.21. The summed E-state index contributed by atoms with van der Waals surface area (Å²) in [5.41, 5.74) is -1.94. The maximum Gasteiger partial charge on any atom is 0.573 e. The molecular weight excluding hydrogens is 378 g/mol. The molecule has 11 heteroatoms. The maximum atomic E-state index is 13.5. The van der Waals surface area contributed by atoms with Crippen molar-refractivity contribution in [2.24, 2.45) is 0 Å². The lowest BCUT2D eigenvalue weighted by atomic mass is 10.1. The fraction of sp³-hybridized carbons (Fsp3) is 0.133. The number of halogens is 8. The minimum Gasteiger partial charge on any atom is -0.404 e. The van der Waals surface area contributed by atoms with Gasteiger partial charge in [0.05, 0.1) is 12.1 Å². The highest BCUT2D eigenvalue weighted by atomic mass is 19.4. The summed E-state index contributed by atoms with van der Waals surface area (Å²) in [7, 11) is 0. The summed E-state index contributed by atoms with van der Waals surface area (Å²) in [6.07, 6.45) is -6.39. The normalized spacial score (nSPS) is 11.4. The van der Waals surface area contributed by atoms with E-state index < -0.39 is 64.8 Å². The molecule has 2 rings (SSSR count). The van der Waals surface area contributed by atoms with Crippen molar-refractivity contribution in [2.45, 2.75) is 12.8 Å². The molecule has 0 bridgehead atoms. The van der Waals surface area contributed by atoms with Crippen LogP contribution in [0.3, 0.4) is 0 Å². The van der Waals surface area contributed by atoms with Crippen LogP contribution in [0.2, 0.25) is 0 Å². The summed E-state index contributed by atoms with van der Waals surface area (Å²) < 4.78 is 107. The molecule has 0 saturated heterocycles. The molecule has 0 unspecified atom stereocenters. The molecule has 0 aromatic heterocycles. The molecule has 0 saturated carbocycles. The van der Waals surface area contributed by atoms with Crippen molar-refractivity contribution in [1.29, 1.82) is 0 Å². The van der Waals surface area contributed by atoms with E-state index in [2.05, 4.69) is 4.74 Å². The van der Waals surface area contributed by atoms with Crippen LogP contribution in [-0.2, 0) is 11.2 Å². The first-order valence-electron chi connectivity index (χ1n) is 6.66. The summed E-state index contributed by atoms with van der Waals surface area (Å²) in [5.74, 6) is -13.5. The van der Waals surface area contributed by atoms with E-state index in [1.807, 2.05) is 5.32 Å². The quantitative estimate of drug-likeness (QED) is 0.480. The Morgan fingerprint density at radius 2 is 1.38 bits per heavy atom. The number of carbonyl (C=O) groups excluding carboxylic acids is 1. The molecule has 3 nitrogen and oxygen atoms in total. The van der Waals surface area contributed by atoms with Crippen molar-refractivity contribution in [3.63, 3.8) is 0 Å². The average molecular weight is 385 g/mol. The average Bonchev–Trinajstić information content (AvgIpc) is 2.56. The highest BCUT2D eigenvalue weighted by Crippen LogP contribution is 2.30. The van der Waals surface area contributed by atoms with Gasteiger partial charge in [-0.05, 0) is 12.1 Å². The van der Waals surface area contributed by atoms with E-state index >= 15 is 0 Å². The second kappa shape index (κ2) is 7.18. The van der Waals surface area contributed by atoms with E-state index in [1.54, 1.807) is 0 Å². The number of alkyl halides is 3. The van der Waals surface area contributed by atoms with Crippen LogP contribution >= 0.6 is 0 Å². The molecule has 0 aliphatic carbocycles. The molecule has 0 radical (unpaired) electrons. The third-order valence-electron chi connectivity index (χ3n) is 3.02. The van der Waals surface area contributed by atoms with Crippen molar-refractivity contribution in [2.75, 3.05) is 5.32 Å². The molecule has 26 heavy (non-hydrogen) atoms. The fourth-order valence-electron chi connectivity index (χ4n) is 1.94. The summed E-state index contributed by atoms with van der Waals surface area (Å²) in [5, 5.41) is 1.85. The Hall–Kier alpha value is -2.85. The zero-order valence-electron chi connectivity index (χ0n) is 12.4. The molecular formula is C15H7F8NO2. The van der Waals surface area contributed by atoms with Gasteiger partial charge >= 0.3 is 6.36 Å². The molecule has 0 aliphatic heterocycles. The Bertz CT molecular complexity index is 821. The van der Waals surface area contributed by atoms with Crippen LogP contribution in [0.25, 0.3) is 0 Å². The summed E-state index contributed by atoms with van der Waals surface area (Å²) in [6.45, 7) is 0. The molecule has 0 spiro atoms. The van der Waals surface area contributed by atoms with Gasteiger partial charge in [-0.15, -0.1) is 13.2 Å². The van der Waals surface area contributed by atoms with Gasteiger partial charge in [-0.3, -0.25) is 4.79 Å². The Morgan fingerprint density at radius 1 is 0.885 bits per heavy atom. The third-order valence-corrected chi connectivity index (χ3v) is 3.02. The van der Waals surface area contributed by atoms with Crippen LogP contribution in [0.5, 0.6) is 5.75 Å². The predicted molar refractivity (Wildman–Crippen MR) is 71.7 cm³/mol. The van der Waals surface area contributed by atoms with E-state index in [0.717, 1.165) is 18.2 Å². The van der Waals surface area contributed by atoms with E-state index in [0.29, 0.717) is 0 Å². The largest absolute Gasteiger partial charge is 0.573 e. The SMILES string of the molecule is O=C(Cc1c(F)c(F)c(F)c(F)c1F)Nc1ccccc1OC(F)(F)F. The minimum atomic E-state index is -5.08.